The molecule has 38 heavy (non-hydrogen) atoms. The van der Waals surface area contributed by atoms with Gasteiger partial charge in [0.25, 0.3) is 15.9 Å². The van der Waals surface area contributed by atoms with Crippen LogP contribution in [0.25, 0.3) is 11.3 Å². The van der Waals surface area contributed by atoms with Gasteiger partial charge in [-0.15, -0.1) is 0 Å². The monoisotopic (exact) mass is 541 g/mol. The maximum atomic E-state index is 14.5. The Hall–Kier alpha value is -3.53. The number of rotatable bonds is 8. The van der Waals surface area contributed by atoms with Gasteiger partial charge in [0, 0.05) is 30.1 Å². The second-order valence-electron chi connectivity index (χ2n) is 10.2. The van der Waals surface area contributed by atoms with Crippen LogP contribution in [0.4, 0.5) is 10.2 Å². The molecule has 0 bridgehead atoms. The molecule has 0 unspecified atom stereocenters. The number of amides is 1. The van der Waals surface area contributed by atoms with Crippen molar-refractivity contribution < 1.29 is 27.1 Å². The van der Waals surface area contributed by atoms with Gasteiger partial charge in [-0.3, -0.25) is 9.59 Å². The summed E-state index contributed by atoms with van der Waals surface area (Å²) >= 11 is 0. The molecule has 2 aromatic rings. The zero-order valence-electron chi connectivity index (χ0n) is 21.9. The highest BCUT2D eigenvalue weighted by atomic mass is 32.2. The Bertz CT molecular complexity index is 1410. The van der Waals surface area contributed by atoms with Gasteiger partial charge in [0.05, 0.1) is 17.9 Å². The molecule has 1 aliphatic carbocycles. The van der Waals surface area contributed by atoms with Crippen LogP contribution in [-0.2, 0) is 14.8 Å². The minimum atomic E-state index is -4.39. The van der Waals surface area contributed by atoms with Crippen molar-refractivity contribution in [1.82, 2.24) is 9.71 Å². The average Bonchev–Trinajstić information content (AvgIpc) is 3.19. The number of pyridine rings is 1. The summed E-state index contributed by atoms with van der Waals surface area (Å²) < 4.78 is 48.0. The molecule has 0 radical (unpaired) electrons. The molecule has 8 nitrogen and oxygen atoms in total. The summed E-state index contributed by atoms with van der Waals surface area (Å²) in [5, 5.41) is 0. The molecule has 1 amide bonds. The van der Waals surface area contributed by atoms with E-state index in [9.17, 15) is 22.4 Å². The number of ketones is 1. The Kier molecular flexibility index (Phi) is 8.01. The molecule has 1 aromatic carbocycles. The van der Waals surface area contributed by atoms with Crippen LogP contribution in [0, 0.1) is 11.7 Å². The van der Waals surface area contributed by atoms with Crippen LogP contribution < -0.4 is 14.4 Å². The summed E-state index contributed by atoms with van der Waals surface area (Å²) in [6, 6.07) is 7.45. The van der Waals surface area contributed by atoms with Crippen molar-refractivity contribution in [1.29, 1.82) is 0 Å². The molecular weight excluding hydrogens is 509 g/mol. The summed E-state index contributed by atoms with van der Waals surface area (Å²) in [5.41, 5.74) is 0.925. The van der Waals surface area contributed by atoms with Gasteiger partial charge in [-0.2, -0.15) is 0 Å². The SMILES string of the molecule is CC(C)COc1cc(F)cc(-c2ccc(C(=O)NS(=O)(=O)C3=CC=CCC3=O)c(N3[C@H](C)CC[C@@H]3C)n2)c1. The third kappa shape index (κ3) is 5.96. The highest BCUT2D eigenvalue weighted by Crippen LogP contribution is 2.34. The number of nitrogens with one attached hydrogen (secondary N) is 1. The van der Waals surface area contributed by atoms with Gasteiger partial charge in [-0.25, -0.2) is 22.5 Å². The number of aromatic nitrogens is 1. The van der Waals surface area contributed by atoms with E-state index in [0.717, 1.165) is 12.8 Å². The van der Waals surface area contributed by atoms with Gasteiger partial charge < -0.3 is 9.64 Å². The number of sulfonamides is 1. The van der Waals surface area contributed by atoms with Crippen molar-refractivity contribution in [2.24, 2.45) is 5.92 Å². The third-order valence-electron chi connectivity index (χ3n) is 6.54. The van der Waals surface area contributed by atoms with Crippen LogP contribution in [0.1, 0.15) is 57.3 Å². The Balaban J connectivity index is 1.74. The van der Waals surface area contributed by atoms with E-state index in [-0.39, 0.29) is 30.0 Å². The minimum absolute atomic E-state index is 0.0427. The topological polar surface area (TPSA) is 106 Å². The Morgan fingerprint density at radius 1 is 1.18 bits per heavy atom. The Morgan fingerprint density at radius 2 is 1.89 bits per heavy atom. The van der Waals surface area contributed by atoms with Crippen LogP contribution >= 0.6 is 0 Å². The number of allylic oxidation sites excluding steroid dienone is 4. The van der Waals surface area contributed by atoms with E-state index in [1.807, 2.05) is 37.3 Å². The molecule has 2 aliphatic rings. The largest absolute Gasteiger partial charge is 0.493 e. The molecule has 0 spiro atoms. The van der Waals surface area contributed by atoms with E-state index in [0.29, 0.717) is 29.4 Å². The molecule has 4 rings (SSSR count). The van der Waals surface area contributed by atoms with Crippen molar-refractivity contribution >= 4 is 27.5 Å². The first kappa shape index (κ1) is 27.5. The van der Waals surface area contributed by atoms with E-state index in [4.69, 9.17) is 9.72 Å². The summed E-state index contributed by atoms with van der Waals surface area (Å²) in [7, 11) is -4.39. The molecule has 1 saturated heterocycles. The molecular formula is C28H32FN3O5S. The van der Waals surface area contributed by atoms with Gasteiger partial charge in [0.15, 0.2) is 5.78 Å². The van der Waals surface area contributed by atoms with Gasteiger partial charge in [-0.05, 0) is 62.9 Å². The summed E-state index contributed by atoms with van der Waals surface area (Å²) in [6.45, 7) is 8.43. The highest BCUT2D eigenvalue weighted by molar-refractivity contribution is 7.95. The lowest BCUT2D eigenvalue weighted by atomic mass is 10.1. The molecule has 1 aliphatic heterocycles. The lowest BCUT2D eigenvalue weighted by molar-refractivity contribution is -0.114. The predicted octanol–water partition coefficient (Wildman–Crippen LogP) is 4.77. The third-order valence-corrected chi connectivity index (χ3v) is 7.94. The van der Waals surface area contributed by atoms with E-state index in [1.165, 1.54) is 30.4 Å². The fourth-order valence-corrected chi connectivity index (χ4v) is 5.75. The standard InChI is InChI=1S/C28H32FN3O5S/c1-17(2)16-37-22-14-20(13-21(29)15-22)24-12-11-23(27(30-24)32-18(3)9-10-19(32)4)28(34)31-38(35,36)26-8-6-5-7-25(26)33/h5-6,8,11-15,17-19H,7,9-10,16H2,1-4H3,(H,31,34)/t18-,19+. The van der Waals surface area contributed by atoms with Crippen LogP contribution in [0.3, 0.4) is 0 Å². The first-order valence-corrected chi connectivity index (χ1v) is 14.1. The van der Waals surface area contributed by atoms with Crippen LogP contribution in [0.5, 0.6) is 5.75 Å². The highest BCUT2D eigenvalue weighted by Gasteiger charge is 2.34. The lowest BCUT2D eigenvalue weighted by Crippen LogP contribution is -2.38. The second kappa shape index (κ2) is 11.1. The quantitative estimate of drug-likeness (QED) is 0.513. The van der Waals surface area contributed by atoms with Gasteiger partial charge in [-0.1, -0.05) is 26.0 Å². The van der Waals surface area contributed by atoms with Crippen molar-refractivity contribution in [3.63, 3.8) is 0 Å². The number of halogens is 1. The first-order valence-electron chi connectivity index (χ1n) is 12.7. The first-order chi connectivity index (χ1) is 18.0. The van der Waals surface area contributed by atoms with Crippen molar-refractivity contribution in [2.75, 3.05) is 11.5 Å². The Morgan fingerprint density at radius 3 is 2.55 bits per heavy atom. The molecule has 1 N–H and O–H groups in total. The molecule has 2 heterocycles. The number of hydrogen-bond acceptors (Lipinski definition) is 7. The van der Waals surface area contributed by atoms with E-state index in [2.05, 4.69) is 0 Å². The zero-order chi connectivity index (χ0) is 27.6. The molecule has 202 valence electrons. The fourth-order valence-electron chi connectivity index (χ4n) is 4.65. The van der Waals surface area contributed by atoms with Gasteiger partial charge in [0.2, 0.25) is 0 Å². The van der Waals surface area contributed by atoms with Crippen molar-refractivity contribution in [3.05, 3.63) is 64.8 Å². The minimum Gasteiger partial charge on any atom is -0.493 e. The van der Waals surface area contributed by atoms with Crippen molar-refractivity contribution in [2.45, 2.75) is 59.0 Å². The van der Waals surface area contributed by atoms with E-state index < -0.39 is 32.4 Å². The number of benzene rings is 1. The maximum absolute atomic E-state index is 14.5. The van der Waals surface area contributed by atoms with Crippen molar-refractivity contribution in [3.8, 4) is 17.0 Å². The van der Waals surface area contributed by atoms with Crippen LogP contribution in [0.2, 0.25) is 0 Å². The number of nitrogens with zero attached hydrogens (tertiary/aromatic N) is 2. The predicted molar refractivity (Wildman–Crippen MR) is 144 cm³/mol. The molecule has 1 fully saturated rings. The van der Waals surface area contributed by atoms with E-state index >= 15 is 0 Å². The average molecular weight is 542 g/mol. The summed E-state index contributed by atoms with van der Waals surface area (Å²) in [6.07, 6.45) is 5.87. The van der Waals surface area contributed by atoms with Crippen LogP contribution in [0.15, 0.2) is 53.5 Å². The van der Waals surface area contributed by atoms with Crippen LogP contribution in [-0.4, -0.2) is 43.8 Å². The molecule has 10 heteroatoms. The lowest BCUT2D eigenvalue weighted by Gasteiger charge is -2.29. The number of carbonyl (C=O) groups excluding carboxylic acids is 2. The van der Waals surface area contributed by atoms with Gasteiger partial charge >= 0.3 is 0 Å². The molecule has 2 atom stereocenters. The normalized spacial score (nSPS) is 19.6. The molecule has 0 saturated carbocycles. The molecule has 1 aromatic heterocycles. The summed E-state index contributed by atoms with van der Waals surface area (Å²) in [4.78, 5) is 31.7. The smallest absolute Gasteiger partial charge is 0.268 e. The number of anilines is 1. The summed E-state index contributed by atoms with van der Waals surface area (Å²) in [5.74, 6) is -1.05. The number of ether oxygens (including phenoxy) is 1. The fraction of sp³-hybridized carbons (Fsp3) is 0.393. The number of carbonyl (C=O) groups is 2. The van der Waals surface area contributed by atoms with E-state index in [1.54, 1.807) is 18.2 Å². The Labute approximate surface area is 222 Å². The zero-order valence-corrected chi connectivity index (χ0v) is 22.7. The second-order valence-corrected chi connectivity index (χ2v) is 11.8. The number of Topliss-reactive ketones (excluding diaryl/α,β-unsaturated/α-hetero) is 1. The maximum Gasteiger partial charge on any atom is 0.268 e. The number of hydrogen-bond donors (Lipinski definition) is 1. The van der Waals surface area contributed by atoms with Gasteiger partial charge in [0.1, 0.15) is 22.3 Å².